The van der Waals surface area contributed by atoms with Crippen LogP contribution < -0.4 is 0 Å². The van der Waals surface area contributed by atoms with Gasteiger partial charge >= 0.3 is 5.97 Å². The fourth-order valence-electron chi connectivity index (χ4n) is 7.82. The Morgan fingerprint density at radius 1 is 1.00 bits per heavy atom. The van der Waals surface area contributed by atoms with Gasteiger partial charge in [-0.2, -0.15) is 0 Å². The van der Waals surface area contributed by atoms with Gasteiger partial charge in [0.1, 0.15) is 0 Å². The molecule has 3 nitrogen and oxygen atoms in total. The van der Waals surface area contributed by atoms with E-state index in [4.69, 9.17) is 9.47 Å². The van der Waals surface area contributed by atoms with Crippen molar-refractivity contribution in [3.05, 3.63) is 0 Å². The van der Waals surface area contributed by atoms with Crippen LogP contribution in [-0.2, 0) is 14.3 Å². The van der Waals surface area contributed by atoms with Crippen LogP contribution >= 0.6 is 0 Å². The Morgan fingerprint density at radius 3 is 1.92 bits per heavy atom. The van der Waals surface area contributed by atoms with Gasteiger partial charge in [0.15, 0.2) is 0 Å². The molecule has 0 amide bonds. The molecule has 0 aromatic heterocycles. The molecule has 7 aliphatic rings. The van der Waals surface area contributed by atoms with Gasteiger partial charge in [0, 0.05) is 0 Å². The molecule has 0 aromatic rings. The maximum atomic E-state index is 12.4. The molecule has 1 unspecified atom stereocenters. The van der Waals surface area contributed by atoms with Crippen molar-refractivity contribution in [3.63, 3.8) is 0 Å². The highest BCUT2D eigenvalue weighted by atomic mass is 16.7. The standard InChI is InChI=1S/C22H34O3/c1-5-21(3,4)20(23)24-12(2)25-22-9-17-14-6-13-7-15(17)19(11-22)16(8-13)18(14)10-22/h12-19H,5-11H2,1-4H3. The summed E-state index contributed by atoms with van der Waals surface area (Å²) < 4.78 is 12.3. The van der Waals surface area contributed by atoms with Gasteiger partial charge in [0.25, 0.3) is 0 Å². The van der Waals surface area contributed by atoms with Crippen LogP contribution in [0.1, 0.15) is 72.6 Å². The molecule has 7 rings (SSSR count). The summed E-state index contributed by atoms with van der Waals surface area (Å²) in [5.41, 5.74) is -0.416. The second-order valence-corrected chi connectivity index (χ2v) is 10.7. The molecule has 7 aliphatic carbocycles. The van der Waals surface area contributed by atoms with Crippen LogP contribution in [0.25, 0.3) is 0 Å². The van der Waals surface area contributed by atoms with E-state index in [0.29, 0.717) is 0 Å². The summed E-state index contributed by atoms with van der Waals surface area (Å²) in [5, 5.41) is 0. The first kappa shape index (κ1) is 16.6. The van der Waals surface area contributed by atoms with Crippen LogP contribution in [0, 0.1) is 46.8 Å². The average molecular weight is 347 g/mol. The molecular weight excluding hydrogens is 312 g/mol. The van der Waals surface area contributed by atoms with E-state index in [1.807, 2.05) is 27.7 Å². The Kier molecular flexibility index (Phi) is 3.48. The predicted octanol–water partition coefficient (Wildman–Crippen LogP) is 4.79. The number of rotatable bonds is 5. The third-order valence-corrected chi connectivity index (χ3v) is 9.06. The topological polar surface area (TPSA) is 35.5 Å². The van der Waals surface area contributed by atoms with Gasteiger partial charge in [-0.15, -0.1) is 0 Å². The lowest BCUT2D eigenvalue weighted by atomic mass is 9.35. The Bertz CT molecular complexity index is 520. The van der Waals surface area contributed by atoms with Crippen LogP contribution in [0.2, 0.25) is 0 Å². The molecule has 3 heteroatoms. The fraction of sp³-hybridized carbons (Fsp3) is 0.955. The fourth-order valence-corrected chi connectivity index (χ4v) is 7.82. The van der Waals surface area contributed by atoms with Gasteiger partial charge in [0.05, 0.1) is 11.0 Å². The minimum atomic E-state index is -0.420. The summed E-state index contributed by atoms with van der Waals surface area (Å²) in [6.07, 6.45) is 8.57. The summed E-state index contributed by atoms with van der Waals surface area (Å²) >= 11 is 0. The first-order valence-electron chi connectivity index (χ1n) is 10.7. The second kappa shape index (κ2) is 5.24. The first-order chi connectivity index (χ1) is 11.8. The van der Waals surface area contributed by atoms with Crippen molar-refractivity contribution < 1.29 is 14.3 Å². The van der Waals surface area contributed by atoms with E-state index in [9.17, 15) is 4.79 Å². The minimum Gasteiger partial charge on any atom is -0.436 e. The van der Waals surface area contributed by atoms with Gasteiger partial charge < -0.3 is 9.47 Å². The van der Waals surface area contributed by atoms with Crippen LogP contribution in [0.4, 0.5) is 0 Å². The molecular formula is C22H34O3. The summed E-state index contributed by atoms with van der Waals surface area (Å²) in [6, 6.07) is 0. The molecule has 1 atom stereocenters. The van der Waals surface area contributed by atoms with E-state index in [0.717, 1.165) is 47.8 Å². The maximum Gasteiger partial charge on any atom is 0.313 e. The van der Waals surface area contributed by atoms with Crippen LogP contribution in [-0.4, -0.2) is 17.9 Å². The third-order valence-electron chi connectivity index (χ3n) is 9.06. The Morgan fingerprint density at radius 2 is 1.48 bits per heavy atom. The Balaban J connectivity index is 1.31. The molecule has 8 bridgehead atoms. The van der Waals surface area contributed by atoms with Gasteiger partial charge in [-0.1, -0.05) is 6.92 Å². The van der Waals surface area contributed by atoms with Crippen molar-refractivity contribution in [2.75, 3.05) is 0 Å². The zero-order valence-electron chi connectivity index (χ0n) is 16.3. The van der Waals surface area contributed by atoms with E-state index in [1.165, 1.54) is 38.5 Å². The summed E-state index contributed by atoms with van der Waals surface area (Å²) in [6.45, 7) is 7.89. The number of esters is 1. The van der Waals surface area contributed by atoms with Crippen LogP contribution in [0.5, 0.6) is 0 Å². The lowest BCUT2D eigenvalue weighted by Crippen LogP contribution is -2.68. The molecule has 0 aliphatic heterocycles. The monoisotopic (exact) mass is 346 g/mol. The molecule has 0 saturated heterocycles. The number of carbonyl (C=O) groups is 1. The van der Waals surface area contributed by atoms with Crippen molar-refractivity contribution in [1.29, 1.82) is 0 Å². The third kappa shape index (κ3) is 2.30. The molecule has 0 heterocycles. The smallest absolute Gasteiger partial charge is 0.313 e. The van der Waals surface area contributed by atoms with E-state index < -0.39 is 11.7 Å². The first-order valence-corrected chi connectivity index (χ1v) is 10.7. The van der Waals surface area contributed by atoms with Crippen molar-refractivity contribution in [2.24, 2.45) is 46.8 Å². The molecule has 0 N–H and O–H groups in total. The SMILES string of the molecule is CCC(C)(C)C(=O)OC(C)OC12CC3C4CC5CC3C(C1)C(C5)C4C2. The second-order valence-electron chi connectivity index (χ2n) is 10.7. The zero-order valence-corrected chi connectivity index (χ0v) is 16.3. The number of hydrogen-bond donors (Lipinski definition) is 0. The van der Waals surface area contributed by atoms with Crippen molar-refractivity contribution in [2.45, 2.75) is 84.5 Å². The van der Waals surface area contributed by atoms with E-state index in [-0.39, 0.29) is 11.6 Å². The van der Waals surface area contributed by atoms with Crippen LogP contribution in [0.3, 0.4) is 0 Å². The average Bonchev–Trinajstić information content (AvgIpc) is 2.58. The maximum absolute atomic E-state index is 12.4. The summed E-state index contributed by atoms with van der Waals surface area (Å²) in [7, 11) is 0. The van der Waals surface area contributed by atoms with Gasteiger partial charge in [0.2, 0.25) is 6.29 Å². The number of carbonyl (C=O) groups excluding carboxylic acids is 1. The van der Waals surface area contributed by atoms with Crippen molar-refractivity contribution >= 4 is 5.97 Å². The lowest BCUT2D eigenvalue weighted by Gasteiger charge is -2.72. The molecule has 7 saturated carbocycles. The Labute approximate surface area is 152 Å². The summed E-state index contributed by atoms with van der Waals surface area (Å²) in [5.74, 6) is 6.62. The molecule has 140 valence electrons. The highest BCUT2D eigenvalue weighted by Crippen LogP contribution is 2.72. The normalized spacial score (nSPS) is 50.3. The van der Waals surface area contributed by atoms with Crippen LogP contribution in [0.15, 0.2) is 0 Å². The predicted molar refractivity (Wildman–Crippen MR) is 95.6 cm³/mol. The van der Waals surface area contributed by atoms with Gasteiger partial charge in [-0.05, 0) is 107 Å². The highest BCUT2D eigenvalue weighted by molar-refractivity contribution is 5.75. The highest BCUT2D eigenvalue weighted by Gasteiger charge is 2.68. The van der Waals surface area contributed by atoms with E-state index in [2.05, 4.69) is 0 Å². The minimum absolute atomic E-state index is 0.00370. The van der Waals surface area contributed by atoms with Crippen molar-refractivity contribution in [3.8, 4) is 0 Å². The quantitative estimate of drug-likeness (QED) is 0.530. The summed E-state index contributed by atoms with van der Waals surface area (Å²) in [4.78, 5) is 12.4. The largest absolute Gasteiger partial charge is 0.436 e. The Hall–Kier alpha value is -0.570. The van der Waals surface area contributed by atoms with E-state index >= 15 is 0 Å². The molecule has 0 aromatic carbocycles. The van der Waals surface area contributed by atoms with Crippen molar-refractivity contribution in [1.82, 2.24) is 0 Å². The van der Waals surface area contributed by atoms with Gasteiger partial charge in [-0.25, -0.2) is 0 Å². The molecule has 0 radical (unpaired) electrons. The van der Waals surface area contributed by atoms with E-state index in [1.54, 1.807) is 0 Å². The molecule has 25 heavy (non-hydrogen) atoms. The van der Waals surface area contributed by atoms with Gasteiger partial charge in [-0.3, -0.25) is 4.79 Å². The number of hydrogen-bond acceptors (Lipinski definition) is 3. The molecule has 0 spiro atoms. The lowest BCUT2D eigenvalue weighted by molar-refractivity contribution is -0.301. The zero-order chi connectivity index (χ0) is 17.6. The molecule has 7 fully saturated rings. The number of ether oxygens (including phenoxy) is 2.